The Hall–Kier alpha value is -2.15. The molecule has 2 rings (SSSR count). The first-order valence-electron chi connectivity index (χ1n) is 5.70. The van der Waals surface area contributed by atoms with Gasteiger partial charge in [-0.15, -0.1) is 0 Å². The lowest BCUT2D eigenvalue weighted by atomic mass is 10.2. The molecule has 0 saturated heterocycles. The molecule has 0 bridgehead atoms. The van der Waals surface area contributed by atoms with Gasteiger partial charge < -0.3 is 5.73 Å². The normalized spacial score (nSPS) is 10.6. The van der Waals surface area contributed by atoms with Crippen LogP contribution in [0.3, 0.4) is 0 Å². The van der Waals surface area contributed by atoms with Gasteiger partial charge in [-0.3, -0.25) is 14.1 Å². The highest BCUT2D eigenvalue weighted by atomic mass is 32.2. The van der Waals surface area contributed by atoms with E-state index in [1.165, 1.54) is 0 Å². The molecule has 12 heteroatoms. The van der Waals surface area contributed by atoms with Gasteiger partial charge in [0.15, 0.2) is 0 Å². The molecule has 2 heterocycles. The van der Waals surface area contributed by atoms with Crippen molar-refractivity contribution in [1.82, 2.24) is 15.0 Å². The van der Waals surface area contributed by atoms with E-state index in [1.54, 1.807) is 24.7 Å². The number of hydrogen-bond acceptors (Lipinski definition) is 8. The number of nitrogen functional groups attached to an aromatic ring is 1. The molecular weight excluding hydrogens is 348 g/mol. The van der Waals surface area contributed by atoms with Crippen LogP contribution in [0.15, 0.2) is 36.8 Å². The van der Waals surface area contributed by atoms with Crippen LogP contribution >= 0.6 is 0 Å². The maximum atomic E-state index is 9.19. The molecule has 0 saturated carbocycles. The minimum atomic E-state index is -3.67. The molecule has 10 nitrogen and oxygen atoms in total. The van der Waals surface area contributed by atoms with Crippen molar-refractivity contribution in [1.29, 1.82) is 0 Å². The number of hydrogen-bond donors (Lipinski definition) is 3. The van der Waals surface area contributed by atoms with Crippen LogP contribution in [0.5, 0.6) is 0 Å². The SMILES string of the molecule is CS(=O)(=O)O.CS(=O)(=O)O.Nc1nccc(-c2cccnc2)n1. The van der Waals surface area contributed by atoms with Crippen molar-refractivity contribution in [3.8, 4) is 11.3 Å². The van der Waals surface area contributed by atoms with Crippen LogP contribution in [-0.2, 0) is 20.2 Å². The third kappa shape index (κ3) is 16.1. The molecule has 0 unspecified atom stereocenters. The van der Waals surface area contributed by atoms with Crippen LogP contribution in [0.1, 0.15) is 0 Å². The maximum absolute atomic E-state index is 9.19. The largest absolute Gasteiger partial charge is 0.368 e. The van der Waals surface area contributed by atoms with Crippen molar-refractivity contribution in [3.63, 3.8) is 0 Å². The van der Waals surface area contributed by atoms with Gasteiger partial charge in [0.1, 0.15) is 0 Å². The highest BCUT2D eigenvalue weighted by Crippen LogP contribution is 2.14. The summed E-state index contributed by atoms with van der Waals surface area (Å²) in [5.74, 6) is 0.279. The van der Waals surface area contributed by atoms with Crippen LogP contribution in [0.4, 0.5) is 5.95 Å². The lowest BCUT2D eigenvalue weighted by Crippen LogP contribution is -1.95. The third-order valence-electron chi connectivity index (χ3n) is 1.63. The molecule has 0 aromatic carbocycles. The van der Waals surface area contributed by atoms with Crippen molar-refractivity contribution < 1.29 is 25.9 Å². The number of rotatable bonds is 1. The van der Waals surface area contributed by atoms with E-state index in [0.717, 1.165) is 11.3 Å². The number of nitrogens with zero attached hydrogens (tertiary/aromatic N) is 3. The first kappa shape index (κ1) is 20.9. The number of anilines is 1. The smallest absolute Gasteiger partial charge is 0.261 e. The lowest BCUT2D eigenvalue weighted by molar-refractivity contribution is 0.488. The van der Waals surface area contributed by atoms with Crippen molar-refractivity contribution in [2.75, 3.05) is 18.2 Å². The van der Waals surface area contributed by atoms with E-state index >= 15 is 0 Å². The highest BCUT2D eigenvalue weighted by Gasteiger charge is 1.98. The first-order chi connectivity index (χ1) is 10.4. The van der Waals surface area contributed by atoms with Gasteiger partial charge in [0.05, 0.1) is 18.2 Å². The van der Waals surface area contributed by atoms with Gasteiger partial charge in [0.25, 0.3) is 20.2 Å². The van der Waals surface area contributed by atoms with E-state index in [1.807, 2.05) is 12.1 Å². The fraction of sp³-hybridized carbons (Fsp3) is 0.182. The molecule has 0 radical (unpaired) electrons. The Bertz CT molecular complexity index is 763. The molecule has 0 amide bonds. The van der Waals surface area contributed by atoms with Gasteiger partial charge in [-0.25, -0.2) is 9.97 Å². The fourth-order valence-electron chi connectivity index (χ4n) is 1.05. The molecule has 0 aliphatic carbocycles. The summed E-state index contributed by atoms with van der Waals surface area (Å²) in [6.07, 6.45) is 6.51. The lowest BCUT2D eigenvalue weighted by Gasteiger charge is -1.98. The van der Waals surface area contributed by atoms with Crippen LogP contribution in [0, 0.1) is 0 Å². The highest BCUT2D eigenvalue weighted by molar-refractivity contribution is 7.85. The molecule has 0 aliphatic rings. The Labute approximate surface area is 133 Å². The molecule has 0 aliphatic heterocycles. The van der Waals surface area contributed by atoms with Crippen LogP contribution in [0.25, 0.3) is 11.3 Å². The molecule has 4 N–H and O–H groups in total. The number of nitrogens with two attached hydrogens (primary N) is 1. The van der Waals surface area contributed by atoms with Gasteiger partial charge in [0.2, 0.25) is 5.95 Å². The van der Waals surface area contributed by atoms with E-state index in [-0.39, 0.29) is 5.95 Å². The van der Waals surface area contributed by atoms with Gasteiger partial charge in [0, 0.05) is 24.2 Å². The Morgan fingerprint density at radius 3 is 1.91 bits per heavy atom. The van der Waals surface area contributed by atoms with Crippen molar-refractivity contribution >= 4 is 26.2 Å². The van der Waals surface area contributed by atoms with Gasteiger partial charge in [-0.1, -0.05) is 0 Å². The van der Waals surface area contributed by atoms with E-state index in [4.69, 9.17) is 14.8 Å². The first-order valence-corrected chi connectivity index (χ1v) is 9.40. The van der Waals surface area contributed by atoms with E-state index < -0.39 is 20.2 Å². The Kier molecular flexibility index (Phi) is 8.24. The van der Waals surface area contributed by atoms with Gasteiger partial charge in [-0.05, 0) is 18.2 Å². The van der Waals surface area contributed by atoms with E-state index in [2.05, 4.69) is 15.0 Å². The Morgan fingerprint density at radius 2 is 1.52 bits per heavy atom. The van der Waals surface area contributed by atoms with Crippen molar-refractivity contribution in [2.24, 2.45) is 0 Å². The van der Waals surface area contributed by atoms with Crippen molar-refractivity contribution in [3.05, 3.63) is 36.8 Å². The van der Waals surface area contributed by atoms with Crippen molar-refractivity contribution in [2.45, 2.75) is 0 Å². The topological polar surface area (TPSA) is 173 Å². The average molecular weight is 364 g/mol. The predicted octanol–water partition coefficient (Wildman–Crippen LogP) is 0.129. The second-order valence-electron chi connectivity index (χ2n) is 4.01. The predicted molar refractivity (Wildman–Crippen MR) is 84.6 cm³/mol. The molecule has 23 heavy (non-hydrogen) atoms. The standard InChI is InChI=1S/C9H8N4.2CH4O3S/c10-9-12-5-3-8(13-9)7-2-1-4-11-6-7;2*1-5(2,3)4/h1-6H,(H2,10,12,13);2*1H3,(H,2,3,4). The summed E-state index contributed by atoms with van der Waals surface area (Å²) in [5.41, 5.74) is 7.19. The average Bonchev–Trinajstić information content (AvgIpc) is 2.36. The minimum absolute atomic E-state index is 0.279. The summed E-state index contributed by atoms with van der Waals surface area (Å²) in [6.45, 7) is 0. The second kappa shape index (κ2) is 9.09. The molecule has 2 aromatic heterocycles. The monoisotopic (exact) mass is 364 g/mol. The quantitative estimate of drug-likeness (QED) is 0.590. The summed E-state index contributed by atoms with van der Waals surface area (Å²) in [6, 6.07) is 5.58. The summed E-state index contributed by atoms with van der Waals surface area (Å²) in [7, 11) is -7.33. The summed E-state index contributed by atoms with van der Waals surface area (Å²) >= 11 is 0. The third-order valence-corrected chi connectivity index (χ3v) is 1.63. The fourth-order valence-corrected chi connectivity index (χ4v) is 1.05. The molecular formula is C11H16N4O6S2. The summed E-state index contributed by atoms with van der Waals surface area (Å²) < 4.78 is 51.7. The molecule has 0 spiro atoms. The molecule has 128 valence electrons. The second-order valence-corrected chi connectivity index (χ2v) is 6.94. The number of pyridine rings is 1. The molecule has 0 fully saturated rings. The summed E-state index contributed by atoms with van der Waals surface area (Å²) in [4.78, 5) is 11.9. The Morgan fingerprint density at radius 1 is 1.00 bits per heavy atom. The van der Waals surface area contributed by atoms with E-state index in [9.17, 15) is 16.8 Å². The van der Waals surface area contributed by atoms with Gasteiger partial charge in [-0.2, -0.15) is 16.8 Å². The van der Waals surface area contributed by atoms with Crippen LogP contribution < -0.4 is 5.73 Å². The maximum Gasteiger partial charge on any atom is 0.261 e. The number of aromatic nitrogens is 3. The minimum Gasteiger partial charge on any atom is -0.368 e. The van der Waals surface area contributed by atoms with Crippen LogP contribution in [-0.4, -0.2) is 53.4 Å². The zero-order valence-electron chi connectivity index (χ0n) is 12.2. The molecule has 2 aromatic rings. The van der Waals surface area contributed by atoms with Gasteiger partial charge >= 0.3 is 0 Å². The zero-order chi connectivity index (χ0) is 18.1. The zero-order valence-corrected chi connectivity index (χ0v) is 13.9. The van der Waals surface area contributed by atoms with E-state index in [0.29, 0.717) is 12.5 Å². The Balaban J connectivity index is 0.000000406. The summed E-state index contributed by atoms with van der Waals surface area (Å²) in [5, 5.41) is 0. The van der Waals surface area contributed by atoms with Crippen LogP contribution in [0.2, 0.25) is 0 Å². The molecule has 0 atom stereocenters.